The molecule has 0 heterocycles. The molecule has 1 fully saturated rings. The molecule has 1 aromatic carbocycles. The number of ether oxygens (including phenoxy) is 1. The van der Waals surface area contributed by atoms with E-state index in [4.69, 9.17) is 4.74 Å². The molecule has 0 spiro atoms. The van der Waals surface area contributed by atoms with Gasteiger partial charge in [-0.1, -0.05) is 0 Å². The number of carbonyl (C=O) groups is 1. The molecule has 0 bridgehead atoms. The Morgan fingerprint density at radius 2 is 2.11 bits per heavy atom. The monoisotopic (exact) mass is 262 g/mol. The highest BCUT2D eigenvalue weighted by molar-refractivity contribution is 5.94. The minimum atomic E-state index is -0.00636. The third kappa shape index (κ3) is 3.26. The molecule has 0 aromatic heterocycles. The molecule has 0 saturated heterocycles. The van der Waals surface area contributed by atoms with Gasteiger partial charge in [0.25, 0.3) is 5.91 Å². The molecule has 1 aromatic rings. The van der Waals surface area contributed by atoms with Crippen LogP contribution < -0.4 is 15.4 Å². The van der Waals surface area contributed by atoms with Gasteiger partial charge in [-0.15, -0.1) is 0 Å². The lowest BCUT2D eigenvalue weighted by Gasteiger charge is -2.15. The van der Waals surface area contributed by atoms with Crippen LogP contribution in [0.1, 0.15) is 28.8 Å². The standard InChI is InChI=1S/C15H22N2O2/c1-11-8-12(4-5-13(11)19-3)14(18)17-10-15(6-7-15)9-16-2/h4-5,8,16H,6-7,9-10H2,1-3H3,(H,17,18). The summed E-state index contributed by atoms with van der Waals surface area (Å²) in [4.78, 5) is 12.1. The lowest BCUT2D eigenvalue weighted by atomic mass is 10.1. The van der Waals surface area contributed by atoms with E-state index in [-0.39, 0.29) is 11.3 Å². The fourth-order valence-electron chi connectivity index (χ4n) is 2.36. The summed E-state index contributed by atoms with van der Waals surface area (Å²) in [6.45, 7) is 3.66. The molecular weight excluding hydrogens is 240 g/mol. The van der Waals surface area contributed by atoms with Crippen LogP contribution >= 0.6 is 0 Å². The van der Waals surface area contributed by atoms with E-state index in [9.17, 15) is 4.79 Å². The van der Waals surface area contributed by atoms with E-state index in [1.807, 2.05) is 26.1 Å². The Labute approximate surface area is 114 Å². The molecule has 4 nitrogen and oxygen atoms in total. The van der Waals surface area contributed by atoms with Gasteiger partial charge in [0.1, 0.15) is 5.75 Å². The Kier molecular flexibility index (Phi) is 4.10. The first-order valence-electron chi connectivity index (χ1n) is 6.68. The van der Waals surface area contributed by atoms with Gasteiger partial charge in [-0.3, -0.25) is 4.79 Å². The van der Waals surface area contributed by atoms with Crippen LogP contribution in [0.3, 0.4) is 0 Å². The number of nitrogens with one attached hydrogen (secondary N) is 2. The molecule has 0 atom stereocenters. The number of hydrogen-bond donors (Lipinski definition) is 2. The van der Waals surface area contributed by atoms with Crippen LogP contribution in [-0.2, 0) is 0 Å². The molecule has 2 N–H and O–H groups in total. The predicted octanol–water partition coefficient (Wildman–Crippen LogP) is 1.73. The highest BCUT2D eigenvalue weighted by Crippen LogP contribution is 2.44. The Balaban J connectivity index is 1.95. The van der Waals surface area contributed by atoms with Crippen molar-refractivity contribution < 1.29 is 9.53 Å². The normalized spacial score (nSPS) is 15.9. The van der Waals surface area contributed by atoms with Crippen molar-refractivity contribution in [1.29, 1.82) is 0 Å². The van der Waals surface area contributed by atoms with Crippen LogP contribution in [0.4, 0.5) is 0 Å². The molecule has 2 rings (SSSR count). The largest absolute Gasteiger partial charge is 0.496 e. The number of aryl methyl sites for hydroxylation is 1. The molecule has 19 heavy (non-hydrogen) atoms. The second-order valence-corrected chi connectivity index (χ2v) is 5.40. The van der Waals surface area contributed by atoms with Crippen LogP contribution in [0.2, 0.25) is 0 Å². The lowest BCUT2D eigenvalue weighted by Crippen LogP contribution is -2.34. The highest BCUT2D eigenvalue weighted by atomic mass is 16.5. The lowest BCUT2D eigenvalue weighted by molar-refractivity contribution is 0.0944. The zero-order chi connectivity index (χ0) is 13.9. The van der Waals surface area contributed by atoms with Crippen LogP contribution in [0.25, 0.3) is 0 Å². The van der Waals surface area contributed by atoms with E-state index in [0.29, 0.717) is 5.56 Å². The van der Waals surface area contributed by atoms with Gasteiger partial charge in [-0.25, -0.2) is 0 Å². The first-order chi connectivity index (χ1) is 9.10. The summed E-state index contributed by atoms with van der Waals surface area (Å²) in [5.74, 6) is 0.804. The van der Waals surface area contributed by atoms with Gasteiger partial charge in [0, 0.05) is 24.1 Å². The van der Waals surface area contributed by atoms with E-state index in [2.05, 4.69) is 10.6 Å². The number of methoxy groups -OCH3 is 1. The summed E-state index contributed by atoms with van der Waals surface area (Å²) >= 11 is 0. The second-order valence-electron chi connectivity index (χ2n) is 5.40. The smallest absolute Gasteiger partial charge is 0.251 e. The molecule has 1 saturated carbocycles. The van der Waals surface area contributed by atoms with Crippen molar-refractivity contribution in [2.45, 2.75) is 19.8 Å². The van der Waals surface area contributed by atoms with Gasteiger partial charge in [0.15, 0.2) is 0 Å². The van der Waals surface area contributed by atoms with E-state index >= 15 is 0 Å². The number of carbonyl (C=O) groups excluding carboxylic acids is 1. The van der Waals surface area contributed by atoms with Gasteiger partial charge < -0.3 is 15.4 Å². The molecule has 0 radical (unpaired) electrons. The van der Waals surface area contributed by atoms with Crippen LogP contribution in [0.5, 0.6) is 5.75 Å². The van der Waals surface area contributed by atoms with Gasteiger partial charge in [-0.2, -0.15) is 0 Å². The number of benzene rings is 1. The zero-order valence-corrected chi connectivity index (χ0v) is 11.9. The van der Waals surface area contributed by atoms with Crippen molar-refractivity contribution in [3.8, 4) is 5.75 Å². The minimum Gasteiger partial charge on any atom is -0.496 e. The summed E-state index contributed by atoms with van der Waals surface area (Å²) in [6.07, 6.45) is 2.38. The Morgan fingerprint density at radius 3 is 2.63 bits per heavy atom. The maximum atomic E-state index is 12.1. The molecule has 1 aliphatic rings. The summed E-state index contributed by atoms with van der Waals surface area (Å²) in [5, 5.41) is 6.22. The van der Waals surface area contributed by atoms with Crippen molar-refractivity contribution in [2.75, 3.05) is 27.2 Å². The summed E-state index contributed by atoms with van der Waals surface area (Å²) in [6, 6.07) is 5.51. The Bertz CT molecular complexity index is 467. The molecule has 4 heteroatoms. The fraction of sp³-hybridized carbons (Fsp3) is 0.533. The highest BCUT2D eigenvalue weighted by Gasteiger charge is 2.41. The number of amides is 1. The predicted molar refractivity (Wildman–Crippen MR) is 75.7 cm³/mol. The quantitative estimate of drug-likeness (QED) is 0.821. The van der Waals surface area contributed by atoms with Crippen molar-refractivity contribution in [3.63, 3.8) is 0 Å². The van der Waals surface area contributed by atoms with E-state index in [1.165, 1.54) is 12.8 Å². The second kappa shape index (κ2) is 5.61. The molecule has 104 valence electrons. The third-order valence-electron chi connectivity index (χ3n) is 3.79. The van der Waals surface area contributed by atoms with Crippen LogP contribution in [0.15, 0.2) is 18.2 Å². The third-order valence-corrected chi connectivity index (χ3v) is 3.79. The summed E-state index contributed by atoms with van der Waals surface area (Å²) in [5.41, 5.74) is 1.96. The van der Waals surface area contributed by atoms with E-state index in [1.54, 1.807) is 13.2 Å². The van der Waals surface area contributed by atoms with Crippen molar-refractivity contribution in [1.82, 2.24) is 10.6 Å². The molecule has 1 amide bonds. The van der Waals surface area contributed by atoms with Gasteiger partial charge >= 0.3 is 0 Å². The number of hydrogen-bond acceptors (Lipinski definition) is 3. The maximum Gasteiger partial charge on any atom is 0.251 e. The van der Waals surface area contributed by atoms with E-state index in [0.717, 1.165) is 24.4 Å². The zero-order valence-electron chi connectivity index (χ0n) is 11.9. The van der Waals surface area contributed by atoms with Gasteiger partial charge in [0.2, 0.25) is 0 Å². The first-order valence-corrected chi connectivity index (χ1v) is 6.68. The first kappa shape index (κ1) is 13.9. The molecular formula is C15H22N2O2. The Morgan fingerprint density at radius 1 is 1.37 bits per heavy atom. The van der Waals surface area contributed by atoms with Gasteiger partial charge in [0.05, 0.1) is 7.11 Å². The average Bonchev–Trinajstić information content (AvgIpc) is 3.16. The van der Waals surface area contributed by atoms with E-state index < -0.39 is 0 Å². The van der Waals surface area contributed by atoms with Crippen molar-refractivity contribution in [2.24, 2.45) is 5.41 Å². The molecule has 0 unspecified atom stereocenters. The van der Waals surface area contributed by atoms with Crippen molar-refractivity contribution in [3.05, 3.63) is 29.3 Å². The Hall–Kier alpha value is -1.55. The summed E-state index contributed by atoms with van der Waals surface area (Å²) < 4.78 is 5.20. The number of rotatable bonds is 6. The van der Waals surface area contributed by atoms with Crippen LogP contribution in [0, 0.1) is 12.3 Å². The van der Waals surface area contributed by atoms with Crippen LogP contribution in [-0.4, -0.2) is 33.2 Å². The maximum absolute atomic E-state index is 12.1. The van der Waals surface area contributed by atoms with Gasteiger partial charge in [-0.05, 0) is 50.6 Å². The fourth-order valence-corrected chi connectivity index (χ4v) is 2.36. The minimum absolute atomic E-state index is 0.00636. The molecule has 1 aliphatic carbocycles. The summed E-state index contributed by atoms with van der Waals surface area (Å²) in [7, 11) is 3.59. The SMILES string of the molecule is CNCC1(CNC(=O)c2ccc(OC)c(C)c2)CC1. The van der Waals surface area contributed by atoms with Crippen molar-refractivity contribution >= 4 is 5.91 Å². The average molecular weight is 262 g/mol. The topological polar surface area (TPSA) is 50.4 Å². The molecule has 0 aliphatic heterocycles.